The number of benzene rings is 1. The van der Waals surface area contributed by atoms with Gasteiger partial charge in [0.1, 0.15) is 5.76 Å². The zero-order valence-electron chi connectivity index (χ0n) is 12.1. The SMILES string of the molecule is CCCNC(C1=CCCO1)c1ccc(N(C)C)cc1. The van der Waals surface area contributed by atoms with Gasteiger partial charge in [-0.1, -0.05) is 19.1 Å². The molecule has 0 aliphatic carbocycles. The van der Waals surface area contributed by atoms with Crippen LogP contribution in [0.5, 0.6) is 0 Å². The minimum Gasteiger partial charge on any atom is -0.496 e. The maximum atomic E-state index is 5.73. The Bertz CT molecular complexity index is 423. The van der Waals surface area contributed by atoms with Crippen LogP contribution in [-0.4, -0.2) is 27.2 Å². The average Bonchev–Trinajstić information content (AvgIpc) is 2.94. The van der Waals surface area contributed by atoms with E-state index in [2.05, 4.69) is 61.6 Å². The van der Waals surface area contributed by atoms with Gasteiger partial charge in [-0.15, -0.1) is 0 Å². The minimum absolute atomic E-state index is 0.193. The maximum absolute atomic E-state index is 5.73. The Labute approximate surface area is 116 Å². The van der Waals surface area contributed by atoms with E-state index >= 15 is 0 Å². The molecule has 1 N–H and O–H groups in total. The fourth-order valence-corrected chi connectivity index (χ4v) is 2.27. The Morgan fingerprint density at radius 1 is 1.26 bits per heavy atom. The number of rotatable bonds is 6. The van der Waals surface area contributed by atoms with Crippen molar-refractivity contribution < 1.29 is 4.74 Å². The molecule has 3 nitrogen and oxygen atoms in total. The second-order valence-electron chi connectivity index (χ2n) is 5.12. The third-order valence-corrected chi connectivity index (χ3v) is 3.36. The number of nitrogens with one attached hydrogen (secondary N) is 1. The van der Waals surface area contributed by atoms with Crippen LogP contribution in [0.1, 0.15) is 31.4 Å². The van der Waals surface area contributed by atoms with Crippen LogP contribution in [-0.2, 0) is 4.74 Å². The fourth-order valence-electron chi connectivity index (χ4n) is 2.27. The van der Waals surface area contributed by atoms with Gasteiger partial charge in [-0.2, -0.15) is 0 Å². The molecule has 3 heteroatoms. The Hall–Kier alpha value is -1.48. The van der Waals surface area contributed by atoms with E-state index in [-0.39, 0.29) is 6.04 Å². The van der Waals surface area contributed by atoms with Crippen molar-refractivity contribution in [2.45, 2.75) is 25.8 Å². The minimum atomic E-state index is 0.193. The van der Waals surface area contributed by atoms with E-state index < -0.39 is 0 Å². The van der Waals surface area contributed by atoms with E-state index in [0.29, 0.717) is 0 Å². The van der Waals surface area contributed by atoms with E-state index in [0.717, 1.165) is 31.8 Å². The van der Waals surface area contributed by atoms with Gasteiger partial charge in [0.2, 0.25) is 0 Å². The molecule has 0 amide bonds. The molecular formula is C16H24N2O. The summed E-state index contributed by atoms with van der Waals surface area (Å²) in [7, 11) is 4.12. The highest BCUT2D eigenvalue weighted by Gasteiger charge is 2.20. The van der Waals surface area contributed by atoms with Crippen LogP contribution in [0, 0.1) is 0 Å². The highest BCUT2D eigenvalue weighted by atomic mass is 16.5. The van der Waals surface area contributed by atoms with Gasteiger partial charge in [0.05, 0.1) is 12.6 Å². The van der Waals surface area contributed by atoms with Crippen molar-refractivity contribution in [3.63, 3.8) is 0 Å². The first-order chi connectivity index (χ1) is 9.22. The summed E-state index contributed by atoms with van der Waals surface area (Å²) in [5.74, 6) is 1.08. The van der Waals surface area contributed by atoms with E-state index in [1.807, 2.05) is 0 Å². The van der Waals surface area contributed by atoms with Gasteiger partial charge in [-0.3, -0.25) is 0 Å². The lowest BCUT2D eigenvalue weighted by Gasteiger charge is -2.21. The molecule has 0 radical (unpaired) electrons. The van der Waals surface area contributed by atoms with E-state index in [4.69, 9.17) is 4.74 Å². The highest BCUT2D eigenvalue weighted by Crippen LogP contribution is 2.27. The first kappa shape index (κ1) is 13.9. The van der Waals surface area contributed by atoms with Crippen LogP contribution in [0.15, 0.2) is 36.1 Å². The summed E-state index contributed by atoms with van der Waals surface area (Å²) >= 11 is 0. The van der Waals surface area contributed by atoms with E-state index in [1.54, 1.807) is 0 Å². The number of hydrogen-bond acceptors (Lipinski definition) is 3. The standard InChI is InChI=1S/C16H24N2O/c1-4-11-17-16(15-6-5-12-19-15)13-7-9-14(10-8-13)18(2)3/h6-10,16-17H,4-5,11-12H2,1-3H3. The molecule has 2 rings (SSSR count). The number of ether oxygens (including phenoxy) is 1. The summed E-state index contributed by atoms with van der Waals surface area (Å²) in [6.45, 7) is 4.00. The second kappa shape index (κ2) is 6.62. The van der Waals surface area contributed by atoms with Crippen LogP contribution in [0.4, 0.5) is 5.69 Å². The van der Waals surface area contributed by atoms with Crippen molar-refractivity contribution in [1.29, 1.82) is 0 Å². The van der Waals surface area contributed by atoms with Crippen LogP contribution >= 0.6 is 0 Å². The van der Waals surface area contributed by atoms with Gasteiger partial charge in [0.15, 0.2) is 0 Å². The zero-order chi connectivity index (χ0) is 13.7. The van der Waals surface area contributed by atoms with Crippen molar-refractivity contribution in [3.8, 4) is 0 Å². The van der Waals surface area contributed by atoms with Crippen molar-refractivity contribution in [2.75, 3.05) is 32.1 Å². The first-order valence-electron chi connectivity index (χ1n) is 7.06. The Morgan fingerprint density at radius 2 is 2.00 bits per heavy atom. The van der Waals surface area contributed by atoms with Gasteiger partial charge in [-0.25, -0.2) is 0 Å². The molecule has 1 aliphatic rings. The van der Waals surface area contributed by atoms with Crippen molar-refractivity contribution in [1.82, 2.24) is 5.32 Å². The summed E-state index contributed by atoms with van der Waals surface area (Å²) in [6, 6.07) is 8.88. The predicted octanol–water partition coefficient (Wildman–Crippen LogP) is 3.10. The number of anilines is 1. The Balaban J connectivity index is 2.17. The predicted molar refractivity (Wildman–Crippen MR) is 80.5 cm³/mol. The average molecular weight is 260 g/mol. The smallest absolute Gasteiger partial charge is 0.114 e. The van der Waals surface area contributed by atoms with E-state index in [1.165, 1.54) is 11.3 Å². The number of nitrogens with zero attached hydrogens (tertiary/aromatic N) is 1. The lowest BCUT2D eigenvalue weighted by Crippen LogP contribution is -2.24. The fraction of sp³-hybridized carbons (Fsp3) is 0.500. The summed E-state index contributed by atoms with van der Waals surface area (Å²) in [5, 5.41) is 3.57. The molecular weight excluding hydrogens is 236 g/mol. The first-order valence-corrected chi connectivity index (χ1v) is 7.06. The van der Waals surface area contributed by atoms with Crippen molar-refractivity contribution in [2.24, 2.45) is 0 Å². The normalized spacial score (nSPS) is 15.8. The van der Waals surface area contributed by atoms with E-state index in [9.17, 15) is 0 Å². The molecule has 0 spiro atoms. The molecule has 0 bridgehead atoms. The summed E-state index contributed by atoms with van der Waals surface area (Å²) in [4.78, 5) is 2.11. The molecule has 0 saturated carbocycles. The molecule has 1 atom stereocenters. The lowest BCUT2D eigenvalue weighted by atomic mass is 10.0. The Kier molecular flexibility index (Phi) is 4.86. The topological polar surface area (TPSA) is 24.5 Å². The van der Waals surface area contributed by atoms with Crippen LogP contribution in [0.2, 0.25) is 0 Å². The molecule has 1 aromatic carbocycles. The van der Waals surface area contributed by atoms with Crippen molar-refractivity contribution in [3.05, 3.63) is 41.7 Å². The molecule has 0 saturated heterocycles. The van der Waals surface area contributed by atoms with Gasteiger partial charge in [0, 0.05) is 26.2 Å². The summed E-state index contributed by atoms with van der Waals surface area (Å²) in [5.41, 5.74) is 2.49. The molecule has 0 fully saturated rings. The largest absolute Gasteiger partial charge is 0.496 e. The highest BCUT2D eigenvalue weighted by molar-refractivity contribution is 5.47. The monoisotopic (exact) mass is 260 g/mol. The molecule has 0 aromatic heterocycles. The molecule has 19 heavy (non-hydrogen) atoms. The zero-order valence-corrected chi connectivity index (χ0v) is 12.1. The molecule has 1 heterocycles. The molecule has 1 unspecified atom stereocenters. The molecule has 104 valence electrons. The van der Waals surface area contributed by atoms with Crippen LogP contribution in [0.3, 0.4) is 0 Å². The summed E-state index contributed by atoms with van der Waals surface area (Å²) < 4.78 is 5.73. The second-order valence-corrected chi connectivity index (χ2v) is 5.12. The maximum Gasteiger partial charge on any atom is 0.114 e. The van der Waals surface area contributed by atoms with Gasteiger partial charge < -0.3 is 15.0 Å². The number of hydrogen-bond donors (Lipinski definition) is 1. The van der Waals surface area contributed by atoms with Gasteiger partial charge in [-0.05, 0) is 36.7 Å². The lowest BCUT2D eigenvalue weighted by molar-refractivity contribution is 0.215. The van der Waals surface area contributed by atoms with Gasteiger partial charge in [0.25, 0.3) is 0 Å². The van der Waals surface area contributed by atoms with Crippen molar-refractivity contribution >= 4 is 5.69 Å². The quantitative estimate of drug-likeness (QED) is 0.850. The summed E-state index contributed by atoms with van der Waals surface area (Å²) in [6.07, 6.45) is 4.35. The Morgan fingerprint density at radius 3 is 2.53 bits per heavy atom. The van der Waals surface area contributed by atoms with Gasteiger partial charge >= 0.3 is 0 Å². The third kappa shape index (κ3) is 3.51. The van der Waals surface area contributed by atoms with Crippen LogP contribution in [0.25, 0.3) is 0 Å². The molecule has 1 aliphatic heterocycles. The van der Waals surface area contributed by atoms with Crippen LogP contribution < -0.4 is 10.2 Å². The molecule has 1 aromatic rings. The third-order valence-electron chi connectivity index (χ3n) is 3.36.